The van der Waals surface area contributed by atoms with E-state index in [1.807, 2.05) is 0 Å². The number of carbonyl (C=O) groups is 2. The molecular formula is C22H31N3O5. The smallest absolute Gasteiger partial charge is 0.254 e. The van der Waals surface area contributed by atoms with Crippen molar-refractivity contribution >= 4 is 11.8 Å². The summed E-state index contributed by atoms with van der Waals surface area (Å²) in [6, 6.07) is 5.01. The first-order valence-corrected chi connectivity index (χ1v) is 10.8. The predicted molar refractivity (Wildman–Crippen MR) is 111 cm³/mol. The molecule has 0 aliphatic carbocycles. The maximum Gasteiger partial charge on any atom is 0.254 e. The van der Waals surface area contributed by atoms with Gasteiger partial charge >= 0.3 is 0 Å². The monoisotopic (exact) mass is 417 g/mol. The maximum absolute atomic E-state index is 13.1. The van der Waals surface area contributed by atoms with Crippen LogP contribution in [-0.2, 0) is 9.53 Å². The summed E-state index contributed by atoms with van der Waals surface area (Å²) in [5.41, 5.74) is 0.521. The molecule has 0 bridgehead atoms. The first kappa shape index (κ1) is 20.9. The fourth-order valence-electron chi connectivity index (χ4n) is 4.50. The Morgan fingerprint density at radius 3 is 2.67 bits per heavy atom. The second-order valence-electron chi connectivity index (χ2n) is 8.43. The molecule has 0 radical (unpaired) electrons. The number of carbonyl (C=O) groups excluding carboxylic acids is 2. The van der Waals surface area contributed by atoms with Crippen LogP contribution in [0.3, 0.4) is 0 Å². The van der Waals surface area contributed by atoms with Crippen LogP contribution in [0.2, 0.25) is 0 Å². The normalized spacial score (nSPS) is 22.4. The molecule has 3 heterocycles. The molecule has 1 N–H and O–H groups in total. The molecule has 8 nitrogen and oxygen atoms in total. The summed E-state index contributed by atoms with van der Waals surface area (Å²) in [5, 5.41) is 3.12. The molecule has 0 aromatic heterocycles. The summed E-state index contributed by atoms with van der Waals surface area (Å²) in [6.07, 6.45) is 1.51. The number of ether oxygens (including phenoxy) is 3. The van der Waals surface area contributed by atoms with Gasteiger partial charge in [0.05, 0.1) is 13.2 Å². The van der Waals surface area contributed by atoms with Crippen molar-refractivity contribution in [1.29, 1.82) is 0 Å². The van der Waals surface area contributed by atoms with Gasteiger partial charge in [-0.1, -0.05) is 13.8 Å². The van der Waals surface area contributed by atoms with Gasteiger partial charge in [-0.15, -0.1) is 0 Å². The van der Waals surface area contributed by atoms with Crippen LogP contribution in [0.25, 0.3) is 0 Å². The van der Waals surface area contributed by atoms with Crippen LogP contribution in [0.5, 0.6) is 11.5 Å². The number of nitrogens with zero attached hydrogens (tertiary/aromatic N) is 2. The lowest BCUT2D eigenvalue weighted by Gasteiger charge is -2.37. The first-order valence-electron chi connectivity index (χ1n) is 10.8. The average Bonchev–Trinajstić information content (AvgIpc) is 3.42. The third-order valence-corrected chi connectivity index (χ3v) is 6.21. The largest absolute Gasteiger partial charge is 0.454 e. The van der Waals surface area contributed by atoms with Gasteiger partial charge in [0.15, 0.2) is 11.5 Å². The fraction of sp³-hybridized carbons (Fsp3) is 0.636. The third-order valence-electron chi connectivity index (χ3n) is 6.21. The minimum absolute atomic E-state index is 0.0690. The van der Waals surface area contributed by atoms with E-state index >= 15 is 0 Å². The van der Waals surface area contributed by atoms with Crippen LogP contribution in [0, 0.1) is 5.92 Å². The summed E-state index contributed by atoms with van der Waals surface area (Å²) in [4.78, 5) is 30.2. The number of rotatable bonds is 6. The molecule has 3 aliphatic heterocycles. The lowest BCUT2D eigenvalue weighted by atomic mass is 10.0. The van der Waals surface area contributed by atoms with Crippen LogP contribution in [0.1, 0.15) is 37.0 Å². The van der Waals surface area contributed by atoms with Crippen LogP contribution >= 0.6 is 0 Å². The number of fused-ring (bicyclic) bond motifs is 1. The molecule has 2 unspecified atom stereocenters. The molecule has 30 heavy (non-hydrogen) atoms. The van der Waals surface area contributed by atoms with E-state index in [4.69, 9.17) is 14.2 Å². The van der Waals surface area contributed by atoms with Crippen molar-refractivity contribution in [1.82, 2.24) is 15.1 Å². The van der Waals surface area contributed by atoms with Crippen molar-refractivity contribution < 1.29 is 23.8 Å². The van der Waals surface area contributed by atoms with Gasteiger partial charge in [0, 0.05) is 37.8 Å². The number of nitrogens with one attached hydrogen (secondary N) is 1. The number of hydrogen-bond acceptors (Lipinski definition) is 6. The molecule has 2 atom stereocenters. The predicted octanol–water partition coefficient (Wildman–Crippen LogP) is 1.49. The SMILES string of the molecule is CC(C)C(CNC(=O)C1CCCN1C(=O)c1ccc2c(c1)OCO2)N1CCOCC1. The van der Waals surface area contributed by atoms with Gasteiger partial charge in [-0.25, -0.2) is 0 Å². The first-order chi connectivity index (χ1) is 14.5. The van der Waals surface area contributed by atoms with Gasteiger partial charge in [0.2, 0.25) is 12.7 Å². The summed E-state index contributed by atoms with van der Waals surface area (Å²) in [6.45, 7) is 8.93. The molecule has 4 rings (SSSR count). The molecule has 0 spiro atoms. The minimum atomic E-state index is -0.430. The molecule has 2 saturated heterocycles. The number of morpholine rings is 1. The summed E-state index contributed by atoms with van der Waals surface area (Å²) < 4.78 is 16.2. The fourth-order valence-corrected chi connectivity index (χ4v) is 4.50. The van der Waals surface area contributed by atoms with Crippen molar-refractivity contribution in [3.63, 3.8) is 0 Å². The summed E-state index contributed by atoms with van der Waals surface area (Å²) in [7, 11) is 0. The Morgan fingerprint density at radius 2 is 1.90 bits per heavy atom. The van der Waals surface area contributed by atoms with Crippen LogP contribution in [0.4, 0.5) is 0 Å². The molecule has 2 amide bonds. The Morgan fingerprint density at radius 1 is 1.13 bits per heavy atom. The molecule has 0 saturated carbocycles. The Hall–Kier alpha value is -2.32. The molecule has 8 heteroatoms. The van der Waals surface area contributed by atoms with Gasteiger partial charge in [-0.2, -0.15) is 0 Å². The van der Waals surface area contributed by atoms with Gasteiger partial charge in [-0.3, -0.25) is 14.5 Å². The zero-order valence-electron chi connectivity index (χ0n) is 17.8. The van der Waals surface area contributed by atoms with E-state index < -0.39 is 6.04 Å². The number of amides is 2. The minimum Gasteiger partial charge on any atom is -0.454 e. The Labute approximate surface area is 177 Å². The average molecular weight is 418 g/mol. The molecule has 2 fully saturated rings. The lowest BCUT2D eigenvalue weighted by Crippen LogP contribution is -2.53. The van der Waals surface area contributed by atoms with E-state index in [1.54, 1.807) is 23.1 Å². The van der Waals surface area contributed by atoms with Crippen molar-refractivity contribution in [3.05, 3.63) is 23.8 Å². The highest BCUT2D eigenvalue weighted by molar-refractivity contribution is 5.98. The molecule has 3 aliphatic rings. The van der Waals surface area contributed by atoms with Gasteiger partial charge in [-0.05, 0) is 37.0 Å². The summed E-state index contributed by atoms with van der Waals surface area (Å²) >= 11 is 0. The van der Waals surface area contributed by atoms with E-state index in [0.717, 1.165) is 32.7 Å². The molecule has 164 valence electrons. The zero-order valence-corrected chi connectivity index (χ0v) is 17.8. The van der Waals surface area contributed by atoms with Gasteiger partial charge in [0.1, 0.15) is 6.04 Å². The standard InChI is InChI=1S/C22H31N3O5/c1-15(2)18(24-8-10-28-11-9-24)13-23-21(26)17-4-3-7-25(17)22(27)16-5-6-19-20(12-16)30-14-29-19/h5-6,12,15,17-18H,3-4,7-11,13-14H2,1-2H3,(H,23,26). The van der Waals surface area contributed by atoms with Gasteiger partial charge < -0.3 is 24.4 Å². The van der Waals surface area contributed by atoms with Crippen LogP contribution in [-0.4, -0.2) is 79.9 Å². The Bertz CT molecular complexity index is 778. The third kappa shape index (κ3) is 4.39. The van der Waals surface area contributed by atoms with E-state index in [-0.39, 0.29) is 24.6 Å². The molecular weight excluding hydrogens is 386 g/mol. The number of likely N-dealkylation sites (tertiary alicyclic amines) is 1. The summed E-state index contributed by atoms with van der Waals surface area (Å²) in [5.74, 6) is 1.43. The molecule has 1 aromatic carbocycles. The Kier molecular flexibility index (Phi) is 6.43. The van der Waals surface area contributed by atoms with E-state index in [2.05, 4.69) is 24.1 Å². The quantitative estimate of drug-likeness (QED) is 0.756. The van der Waals surface area contributed by atoms with Gasteiger partial charge in [0.25, 0.3) is 5.91 Å². The number of benzene rings is 1. The zero-order chi connectivity index (χ0) is 21.1. The highest BCUT2D eigenvalue weighted by Crippen LogP contribution is 2.33. The van der Waals surface area contributed by atoms with Crippen molar-refractivity contribution in [2.45, 2.75) is 38.8 Å². The highest BCUT2D eigenvalue weighted by Gasteiger charge is 2.35. The molecule has 1 aromatic rings. The van der Waals surface area contributed by atoms with Crippen LogP contribution < -0.4 is 14.8 Å². The van der Waals surface area contributed by atoms with Crippen molar-refractivity contribution in [2.75, 3.05) is 46.2 Å². The number of hydrogen-bond donors (Lipinski definition) is 1. The second-order valence-corrected chi connectivity index (χ2v) is 8.43. The van der Waals surface area contributed by atoms with E-state index in [9.17, 15) is 9.59 Å². The van der Waals surface area contributed by atoms with Crippen molar-refractivity contribution in [2.24, 2.45) is 5.92 Å². The Balaban J connectivity index is 1.38. The van der Waals surface area contributed by atoms with E-state index in [0.29, 0.717) is 42.5 Å². The van der Waals surface area contributed by atoms with Crippen molar-refractivity contribution in [3.8, 4) is 11.5 Å². The second kappa shape index (κ2) is 9.22. The topological polar surface area (TPSA) is 80.3 Å². The van der Waals surface area contributed by atoms with Crippen LogP contribution in [0.15, 0.2) is 18.2 Å². The maximum atomic E-state index is 13.1. The highest BCUT2D eigenvalue weighted by atomic mass is 16.7. The van der Waals surface area contributed by atoms with E-state index in [1.165, 1.54) is 0 Å². The lowest BCUT2D eigenvalue weighted by molar-refractivity contribution is -0.125.